The van der Waals surface area contributed by atoms with E-state index in [1.165, 1.54) is 0 Å². The number of hydrogen-bond acceptors (Lipinski definition) is 5. The minimum Gasteiger partial charge on any atom is -0.492 e. The molecule has 1 amide bonds. The third kappa shape index (κ3) is 3.38. The van der Waals surface area contributed by atoms with Gasteiger partial charge in [0.05, 0.1) is 41.1 Å². The first-order valence-corrected chi connectivity index (χ1v) is 9.61. The molecule has 6 heteroatoms. The molecular weight excluding hydrogens is 364 g/mol. The van der Waals surface area contributed by atoms with Crippen LogP contribution in [0.15, 0.2) is 54.7 Å². The Bertz CT molecular complexity index is 1080. The number of aromatic nitrogens is 1. The number of carbonyl (C=O) groups excluding carboxylic acids is 1. The lowest BCUT2D eigenvalue weighted by molar-refractivity contribution is 0.0994. The van der Waals surface area contributed by atoms with Crippen LogP contribution >= 0.6 is 0 Å². The van der Waals surface area contributed by atoms with E-state index in [0.717, 1.165) is 34.1 Å². The highest BCUT2D eigenvalue weighted by atomic mass is 16.5. The molecule has 1 aliphatic rings. The molecular formula is C23H24N4O2. The quantitative estimate of drug-likeness (QED) is 0.690. The predicted octanol–water partition coefficient (Wildman–Crippen LogP) is 4.89. The fraction of sp³-hybridized carbons (Fsp3) is 0.217. The van der Waals surface area contributed by atoms with E-state index in [9.17, 15) is 4.79 Å². The van der Waals surface area contributed by atoms with E-state index >= 15 is 0 Å². The molecule has 1 N–H and O–H groups in total. The predicted molar refractivity (Wildman–Crippen MR) is 117 cm³/mol. The monoisotopic (exact) mass is 388 g/mol. The summed E-state index contributed by atoms with van der Waals surface area (Å²) in [5.74, 6) is 1.42. The molecule has 0 bridgehead atoms. The molecule has 4 rings (SSSR count). The van der Waals surface area contributed by atoms with Gasteiger partial charge < -0.3 is 19.9 Å². The molecule has 0 radical (unpaired) electrons. The second-order valence-electron chi connectivity index (χ2n) is 7.06. The van der Waals surface area contributed by atoms with Crippen molar-refractivity contribution in [3.63, 3.8) is 0 Å². The average molecular weight is 388 g/mol. The highest BCUT2D eigenvalue weighted by Gasteiger charge is 2.27. The summed E-state index contributed by atoms with van der Waals surface area (Å²) in [6, 6.07) is 15.6. The van der Waals surface area contributed by atoms with E-state index in [1.807, 2.05) is 74.3 Å². The Morgan fingerprint density at radius 3 is 2.59 bits per heavy atom. The van der Waals surface area contributed by atoms with Crippen LogP contribution in [0.4, 0.5) is 28.6 Å². The molecule has 29 heavy (non-hydrogen) atoms. The van der Waals surface area contributed by atoms with Crippen LogP contribution in [0, 0.1) is 6.92 Å². The second kappa shape index (κ2) is 7.47. The molecule has 148 valence electrons. The lowest BCUT2D eigenvalue weighted by Gasteiger charge is -2.23. The number of nitrogens with zero attached hydrogens (tertiary/aromatic N) is 3. The Kier molecular flexibility index (Phi) is 4.84. The lowest BCUT2D eigenvalue weighted by Crippen LogP contribution is -2.25. The van der Waals surface area contributed by atoms with Crippen LogP contribution < -0.4 is 19.9 Å². The van der Waals surface area contributed by atoms with Gasteiger partial charge in [0.25, 0.3) is 5.91 Å². The minimum absolute atomic E-state index is 0.0501. The fourth-order valence-corrected chi connectivity index (χ4v) is 3.55. The normalized spacial score (nSPS) is 12.9. The van der Waals surface area contributed by atoms with Gasteiger partial charge in [-0.3, -0.25) is 4.79 Å². The largest absolute Gasteiger partial charge is 0.492 e. The molecule has 2 aromatic carbocycles. The van der Waals surface area contributed by atoms with Crippen LogP contribution in [0.5, 0.6) is 5.75 Å². The molecule has 0 atom stereocenters. The molecule has 1 aromatic heterocycles. The number of hydrogen-bond donors (Lipinski definition) is 1. The zero-order valence-electron chi connectivity index (χ0n) is 17.1. The first-order chi connectivity index (χ1) is 14.0. The Morgan fingerprint density at radius 2 is 1.79 bits per heavy atom. The van der Waals surface area contributed by atoms with Crippen LogP contribution in [0.1, 0.15) is 22.8 Å². The SMILES string of the molecule is CCOc1cc(C)ccc1Nc1cc2c(cn1)N(C)C(=O)c1ccccc1N2C. The summed E-state index contributed by atoms with van der Waals surface area (Å²) in [6.45, 7) is 4.58. The van der Waals surface area contributed by atoms with Crippen LogP contribution in [-0.4, -0.2) is 31.6 Å². The van der Waals surface area contributed by atoms with Crippen molar-refractivity contribution in [2.24, 2.45) is 0 Å². The molecule has 3 aromatic rings. The Balaban J connectivity index is 1.76. The Labute approximate surface area is 170 Å². The van der Waals surface area contributed by atoms with Gasteiger partial charge in [-0.2, -0.15) is 0 Å². The first-order valence-electron chi connectivity index (χ1n) is 9.61. The van der Waals surface area contributed by atoms with Crippen LogP contribution in [0.25, 0.3) is 0 Å². The molecule has 0 spiro atoms. The number of carbonyl (C=O) groups is 1. The smallest absolute Gasteiger partial charge is 0.260 e. The van der Waals surface area contributed by atoms with Crippen molar-refractivity contribution in [2.75, 3.05) is 35.8 Å². The van der Waals surface area contributed by atoms with Gasteiger partial charge in [0.15, 0.2) is 0 Å². The van der Waals surface area contributed by atoms with Crippen molar-refractivity contribution in [3.8, 4) is 5.75 Å². The molecule has 1 aliphatic heterocycles. The minimum atomic E-state index is -0.0501. The number of anilines is 5. The topological polar surface area (TPSA) is 57.7 Å². The Hall–Kier alpha value is -3.54. The third-order valence-corrected chi connectivity index (χ3v) is 5.08. The summed E-state index contributed by atoms with van der Waals surface area (Å²) in [7, 11) is 3.74. The lowest BCUT2D eigenvalue weighted by atomic mass is 10.1. The van der Waals surface area contributed by atoms with Crippen LogP contribution in [-0.2, 0) is 0 Å². The summed E-state index contributed by atoms with van der Waals surface area (Å²) in [6.07, 6.45) is 1.73. The maximum atomic E-state index is 12.9. The van der Waals surface area contributed by atoms with Gasteiger partial charge in [-0.1, -0.05) is 18.2 Å². The number of aryl methyl sites for hydroxylation is 1. The van der Waals surface area contributed by atoms with Gasteiger partial charge in [0.2, 0.25) is 0 Å². The van der Waals surface area contributed by atoms with Crippen molar-refractivity contribution in [2.45, 2.75) is 13.8 Å². The number of para-hydroxylation sites is 1. The fourth-order valence-electron chi connectivity index (χ4n) is 3.55. The van der Waals surface area contributed by atoms with Gasteiger partial charge >= 0.3 is 0 Å². The molecule has 0 fully saturated rings. The number of fused-ring (bicyclic) bond motifs is 2. The molecule has 0 aliphatic carbocycles. The summed E-state index contributed by atoms with van der Waals surface area (Å²) < 4.78 is 5.77. The standard InChI is InChI=1S/C23H24N4O2/c1-5-29-21-12-15(2)10-11-17(21)25-22-13-19-20(14-24-22)27(4)23(28)16-8-6-7-9-18(16)26(19)3/h6-14H,5H2,1-4H3,(H,24,25). The number of rotatable bonds is 4. The molecule has 2 heterocycles. The summed E-state index contributed by atoms with van der Waals surface area (Å²) >= 11 is 0. The maximum absolute atomic E-state index is 12.9. The number of nitrogens with one attached hydrogen (secondary N) is 1. The molecule has 0 unspecified atom stereocenters. The van der Waals surface area contributed by atoms with Crippen molar-refractivity contribution in [1.82, 2.24) is 4.98 Å². The van der Waals surface area contributed by atoms with Crippen LogP contribution in [0.3, 0.4) is 0 Å². The zero-order chi connectivity index (χ0) is 20.5. The molecule has 0 saturated carbocycles. The van der Waals surface area contributed by atoms with E-state index in [4.69, 9.17) is 4.74 Å². The van der Waals surface area contributed by atoms with Gasteiger partial charge in [0.1, 0.15) is 11.6 Å². The number of pyridine rings is 1. The van der Waals surface area contributed by atoms with E-state index in [-0.39, 0.29) is 5.91 Å². The number of ether oxygens (including phenoxy) is 1. The first kappa shape index (κ1) is 18.8. The van der Waals surface area contributed by atoms with E-state index in [0.29, 0.717) is 18.0 Å². The number of benzene rings is 2. The highest BCUT2D eigenvalue weighted by molar-refractivity contribution is 6.13. The van der Waals surface area contributed by atoms with E-state index in [1.54, 1.807) is 18.1 Å². The van der Waals surface area contributed by atoms with Gasteiger partial charge in [0, 0.05) is 20.2 Å². The Morgan fingerprint density at radius 1 is 1.00 bits per heavy atom. The molecule has 0 saturated heterocycles. The summed E-state index contributed by atoms with van der Waals surface area (Å²) in [4.78, 5) is 21.1. The van der Waals surface area contributed by atoms with Crippen molar-refractivity contribution in [1.29, 1.82) is 0 Å². The average Bonchev–Trinajstić information content (AvgIpc) is 2.81. The van der Waals surface area contributed by atoms with Crippen molar-refractivity contribution in [3.05, 3.63) is 65.9 Å². The van der Waals surface area contributed by atoms with Crippen molar-refractivity contribution >= 4 is 34.5 Å². The van der Waals surface area contributed by atoms with E-state index < -0.39 is 0 Å². The molecule has 6 nitrogen and oxygen atoms in total. The van der Waals surface area contributed by atoms with E-state index in [2.05, 4.69) is 10.3 Å². The van der Waals surface area contributed by atoms with Gasteiger partial charge in [-0.05, 0) is 43.7 Å². The third-order valence-electron chi connectivity index (χ3n) is 5.08. The van der Waals surface area contributed by atoms with Crippen LogP contribution in [0.2, 0.25) is 0 Å². The summed E-state index contributed by atoms with van der Waals surface area (Å²) in [5.41, 5.74) is 5.17. The van der Waals surface area contributed by atoms with Gasteiger partial charge in [-0.25, -0.2) is 4.98 Å². The number of amides is 1. The highest BCUT2D eigenvalue weighted by Crippen LogP contribution is 2.40. The van der Waals surface area contributed by atoms with Gasteiger partial charge in [-0.15, -0.1) is 0 Å². The summed E-state index contributed by atoms with van der Waals surface area (Å²) in [5, 5.41) is 3.36. The van der Waals surface area contributed by atoms with Crippen molar-refractivity contribution < 1.29 is 9.53 Å². The second-order valence-corrected chi connectivity index (χ2v) is 7.06. The maximum Gasteiger partial charge on any atom is 0.260 e. The zero-order valence-corrected chi connectivity index (χ0v) is 17.1.